The van der Waals surface area contributed by atoms with Crippen LogP contribution in [-0.4, -0.2) is 15.9 Å². The van der Waals surface area contributed by atoms with Crippen molar-refractivity contribution >= 4 is 22.6 Å². The van der Waals surface area contributed by atoms with Crippen molar-refractivity contribution < 1.29 is 9.53 Å². The van der Waals surface area contributed by atoms with Crippen molar-refractivity contribution in [2.45, 2.75) is 44.6 Å². The van der Waals surface area contributed by atoms with Gasteiger partial charge in [0.15, 0.2) is 0 Å². The first kappa shape index (κ1) is 21.3. The Bertz CT molecular complexity index is 1200. The summed E-state index contributed by atoms with van der Waals surface area (Å²) in [6.45, 7) is 0.561. The van der Waals surface area contributed by atoms with Crippen molar-refractivity contribution in [2.75, 3.05) is 5.32 Å². The topological polar surface area (TPSA) is 67.0 Å². The number of amides is 1. The van der Waals surface area contributed by atoms with Crippen LogP contribution in [0.2, 0.25) is 0 Å². The SMILES string of the molecule is O=C(CCC1CCCC1c1c[nH]c2cc(OCc3ccccc3)ccc12)Nc1ccccn1. The number of fused-ring (bicyclic) bond motifs is 1. The van der Waals surface area contributed by atoms with E-state index in [0.717, 1.165) is 23.3 Å². The summed E-state index contributed by atoms with van der Waals surface area (Å²) < 4.78 is 6.00. The normalized spacial score (nSPS) is 17.8. The molecule has 2 unspecified atom stereocenters. The van der Waals surface area contributed by atoms with Gasteiger partial charge in [0.25, 0.3) is 0 Å². The molecule has 1 fully saturated rings. The number of hydrogen-bond acceptors (Lipinski definition) is 3. The summed E-state index contributed by atoms with van der Waals surface area (Å²) >= 11 is 0. The van der Waals surface area contributed by atoms with E-state index in [1.807, 2.05) is 36.4 Å². The van der Waals surface area contributed by atoms with Crippen LogP contribution in [0.5, 0.6) is 5.75 Å². The second-order valence-electron chi connectivity index (χ2n) is 8.82. The maximum atomic E-state index is 12.4. The van der Waals surface area contributed by atoms with Gasteiger partial charge >= 0.3 is 0 Å². The highest BCUT2D eigenvalue weighted by Crippen LogP contribution is 2.44. The van der Waals surface area contributed by atoms with Gasteiger partial charge in [-0.2, -0.15) is 0 Å². The molecule has 2 N–H and O–H groups in total. The third-order valence-corrected chi connectivity index (χ3v) is 6.67. The molecule has 0 spiro atoms. The molecule has 1 saturated carbocycles. The molecule has 2 atom stereocenters. The van der Waals surface area contributed by atoms with Crippen LogP contribution < -0.4 is 10.1 Å². The standard InChI is InChI=1S/C28H29N3O2/c32-28(31-27-11-4-5-16-29-27)15-12-21-9-6-10-23(21)25-18-30-26-17-22(13-14-24(25)26)33-19-20-7-2-1-3-8-20/h1-5,7-8,11,13-14,16-18,21,23,30H,6,9-10,12,15,19H2,(H,29,31,32). The van der Waals surface area contributed by atoms with Crippen molar-refractivity contribution in [3.05, 3.63) is 90.3 Å². The zero-order valence-electron chi connectivity index (χ0n) is 18.7. The Kier molecular flexibility index (Phi) is 6.38. The lowest BCUT2D eigenvalue weighted by Crippen LogP contribution is -2.15. The first-order valence-corrected chi connectivity index (χ1v) is 11.7. The molecular formula is C28H29N3O2. The molecular weight excluding hydrogens is 410 g/mol. The van der Waals surface area contributed by atoms with E-state index >= 15 is 0 Å². The molecule has 5 heteroatoms. The summed E-state index contributed by atoms with van der Waals surface area (Å²) in [6, 6.07) is 22.1. The minimum atomic E-state index is 0.0403. The van der Waals surface area contributed by atoms with Gasteiger partial charge in [-0.1, -0.05) is 42.8 Å². The lowest BCUT2D eigenvalue weighted by molar-refractivity contribution is -0.116. The average Bonchev–Trinajstić information content (AvgIpc) is 3.49. The Labute approximate surface area is 194 Å². The Balaban J connectivity index is 1.22. The first-order valence-electron chi connectivity index (χ1n) is 11.7. The number of nitrogens with one attached hydrogen (secondary N) is 2. The van der Waals surface area contributed by atoms with Gasteiger partial charge in [0.2, 0.25) is 5.91 Å². The first-order chi connectivity index (χ1) is 16.3. The van der Waals surface area contributed by atoms with Gasteiger partial charge < -0.3 is 15.0 Å². The molecule has 2 aromatic heterocycles. The molecule has 2 heterocycles. The number of pyridine rings is 1. The molecule has 1 aliphatic carbocycles. The molecule has 0 radical (unpaired) electrons. The number of hydrogen-bond donors (Lipinski definition) is 2. The van der Waals surface area contributed by atoms with Crippen molar-refractivity contribution in [3.63, 3.8) is 0 Å². The van der Waals surface area contributed by atoms with E-state index in [0.29, 0.717) is 30.7 Å². The summed E-state index contributed by atoms with van der Waals surface area (Å²) in [5, 5.41) is 4.17. The highest BCUT2D eigenvalue weighted by molar-refractivity contribution is 5.89. The number of aromatic nitrogens is 2. The lowest BCUT2D eigenvalue weighted by Gasteiger charge is -2.19. The molecule has 0 saturated heterocycles. The molecule has 0 aliphatic heterocycles. The lowest BCUT2D eigenvalue weighted by atomic mass is 9.85. The highest BCUT2D eigenvalue weighted by atomic mass is 16.5. The predicted molar refractivity (Wildman–Crippen MR) is 131 cm³/mol. The minimum Gasteiger partial charge on any atom is -0.489 e. The van der Waals surface area contributed by atoms with E-state index in [2.05, 4.69) is 51.8 Å². The fraction of sp³-hybridized carbons (Fsp3) is 0.286. The van der Waals surface area contributed by atoms with Gasteiger partial charge in [0.05, 0.1) is 0 Å². The minimum absolute atomic E-state index is 0.0403. The molecule has 4 aromatic rings. The second-order valence-corrected chi connectivity index (χ2v) is 8.82. The number of nitrogens with zero attached hydrogens (tertiary/aromatic N) is 1. The third-order valence-electron chi connectivity index (χ3n) is 6.67. The van der Waals surface area contributed by atoms with Crippen molar-refractivity contribution in [1.29, 1.82) is 0 Å². The van der Waals surface area contributed by atoms with E-state index in [1.165, 1.54) is 30.2 Å². The number of rotatable bonds is 8. The summed E-state index contributed by atoms with van der Waals surface area (Å²) in [5.74, 6) is 2.53. The fourth-order valence-electron chi connectivity index (χ4n) is 5.02. The predicted octanol–water partition coefficient (Wildman–Crippen LogP) is 6.44. The Morgan fingerprint density at radius 2 is 1.94 bits per heavy atom. The summed E-state index contributed by atoms with van der Waals surface area (Å²) in [4.78, 5) is 20.0. The number of anilines is 1. The van der Waals surface area contributed by atoms with Crippen LogP contribution in [0.1, 0.15) is 49.1 Å². The second kappa shape index (κ2) is 9.90. The van der Waals surface area contributed by atoms with Gasteiger partial charge in [0, 0.05) is 35.8 Å². The Morgan fingerprint density at radius 3 is 2.79 bits per heavy atom. The van der Waals surface area contributed by atoms with E-state index in [1.54, 1.807) is 6.20 Å². The van der Waals surface area contributed by atoms with Gasteiger partial charge in [0.1, 0.15) is 18.2 Å². The van der Waals surface area contributed by atoms with Crippen LogP contribution in [0, 0.1) is 5.92 Å². The zero-order valence-corrected chi connectivity index (χ0v) is 18.7. The van der Waals surface area contributed by atoms with Crippen LogP contribution in [0.15, 0.2) is 79.1 Å². The van der Waals surface area contributed by atoms with Crippen molar-refractivity contribution in [2.24, 2.45) is 5.92 Å². The van der Waals surface area contributed by atoms with Crippen molar-refractivity contribution in [1.82, 2.24) is 9.97 Å². The average molecular weight is 440 g/mol. The molecule has 168 valence electrons. The maximum Gasteiger partial charge on any atom is 0.225 e. The number of ether oxygens (including phenoxy) is 1. The molecule has 1 aliphatic rings. The molecule has 0 bridgehead atoms. The van der Waals surface area contributed by atoms with E-state index in [4.69, 9.17) is 4.74 Å². The molecule has 5 nitrogen and oxygen atoms in total. The Hall–Kier alpha value is -3.60. The number of benzene rings is 2. The summed E-state index contributed by atoms with van der Waals surface area (Å²) in [5.41, 5.74) is 3.63. The van der Waals surface area contributed by atoms with Gasteiger partial charge in [-0.3, -0.25) is 4.79 Å². The monoisotopic (exact) mass is 439 g/mol. The maximum absolute atomic E-state index is 12.4. The van der Waals surface area contributed by atoms with Crippen LogP contribution >= 0.6 is 0 Å². The van der Waals surface area contributed by atoms with Gasteiger partial charge in [-0.05, 0) is 66.5 Å². The highest BCUT2D eigenvalue weighted by Gasteiger charge is 2.30. The number of aromatic amines is 1. The van der Waals surface area contributed by atoms with Crippen LogP contribution in [0.25, 0.3) is 10.9 Å². The largest absolute Gasteiger partial charge is 0.489 e. The van der Waals surface area contributed by atoms with E-state index in [-0.39, 0.29) is 5.91 Å². The molecule has 1 amide bonds. The molecule has 5 rings (SSSR count). The number of carbonyl (C=O) groups excluding carboxylic acids is 1. The van der Waals surface area contributed by atoms with Gasteiger partial charge in [-0.15, -0.1) is 0 Å². The fourth-order valence-corrected chi connectivity index (χ4v) is 5.02. The van der Waals surface area contributed by atoms with Crippen LogP contribution in [0.3, 0.4) is 0 Å². The quantitative estimate of drug-likeness (QED) is 0.332. The number of carbonyl (C=O) groups is 1. The third kappa shape index (κ3) is 5.08. The van der Waals surface area contributed by atoms with E-state index < -0.39 is 0 Å². The summed E-state index contributed by atoms with van der Waals surface area (Å²) in [7, 11) is 0. The molecule has 2 aromatic carbocycles. The Morgan fingerprint density at radius 1 is 1.06 bits per heavy atom. The summed E-state index contributed by atoms with van der Waals surface area (Å²) in [6.07, 6.45) is 8.83. The molecule has 33 heavy (non-hydrogen) atoms. The van der Waals surface area contributed by atoms with Crippen LogP contribution in [0.4, 0.5) is 5.82 Å². The van der Waals surface area contributed by atoms with E-state index in [9.17, 15) is 4.79 Å². The smallest absolute Gasteiger partial charge is 0.225 e. The number of H-pyrrole nitrogens is 1. The van der Waals surface area contributed by atoms with Gasteiger partial charge in [-0.25, -0.2) is 4.98 Å². The zero-order chi connectivity index (χ0) is 22.5. The van der Waals surface area contributed by atoms with Crippen molar-refractivity contribution in [3.8, 4) is 5.75 Å². The van der Waals surface area contributed by atoms with Crippen LogP contribution in [-0.2, 0) is 11.4 Å².